The van der Waals surface area contributed by atoms with Crippen LogP contribution in [0.1, 0.15) is 21.5 Å². The summed E-state index contributed by atoms with van der Waals surface area (Å²) >= 11 is 0. The first-order chi connectivity index (χ1) is 13.8. The number of oxime groups is 1. The van der Waals surface area contributed by atoms with Crippen LogP contribution < -0.4 is 10.2 Å². The van der Waals surface area contributed by atoms with E-state index in [1.54, 1.807) is 18.3 Å². The standard InChI is InChI=1S/C23H21N3O2/c1-28-24-16-17-10-12-19(13-11-17)23(27)25-20-7-3-5-9-22(20)26-15-14-18-6-2-4-8-21(18)26/h2-13,16H,14-15H2,1H3,(H,25,27)/b24-16+. The Hall–Kier alpha value is -3.60. The van der Waals surface area contributed by atoms with Crippen molar-refractivity contribution in [3.05, 3.63) is 89.5 Å². The number of hydrogen-bond donors (Lipinski definition) is 1. The van der Waals surface area contributed by atoms with Crippen LogP contribution in [0.3, 0.4) is 0 Å². The number of amides is 1. The van der Waals surface area contributed by atoms with E-state index in [1.807, 2.05) is 42.5 Å². The summed E-state index contributed by atoms with van der Waals surface area (Å²) in [5, 5.41) is 6.79. The predicted molar refractivity (Wildman–Crippen MR) is 113 cm³/mol. The summed E-state index contributed by atoms with van der Waals surface area (Å²) in [4.78, 5) is 19.7. The van der Waals surface area contributed by atoms with Gasteiger partial charge in [0.05, 0.1) is 17.6 Å². The van der Waals surface area contributed by atoms with Crippen molar-refractivity contribution in [1.29, 1.82) is 0 Å². The maximum absolute atomic E-state index is 12.8. The van der Waals surface area contributed by atoms with Crippen LogP contribution in [0.4, 0.5) is 17.1 Å². The fraction of sp³-hybridized carbons (Fsp3) is 0.130. The normalized spacial score (nSPS) is 12.8. The Bertz CT molecular complexity index is 1010. The third kappa shape index (κ3) is 3.60. The first-order valence-corrected chi connectivity index (χ1v) is 9.18. The second-order valence-corrected chi connectivity index (χ2v) is 6.54. The van der Waals surface area contributed by atoms with Crippen LogP contribution in [0.25, 0.3) is 0 Å². The zero-order chi connectivity index (χ0) is 19.3. The zero-order valence-electron chi connectivity index (χ0n) is 15.6. The quantitative estimate of drug-likeness (QED) is 0.526. The van der Waals surface area contributed by atoms with Gasteiger partial charge in [-0.3, -0.25) is 4.79 Å². The zero-order valence-corrected chi connectivity index (χ0v) is 15.6. The van der Waals surface area contributed by atoms with E-state index >= 15 is 0 Å². The van der Waals surface area contributed by atoms with Gasteiger partial charge in [0, 0.05) is 17.8 Å². The summed E-state index contributed by atoms with van der Waals surface area (Å²) in [5.74, 6) is -0.143. The molecule has 5 heteroatoms. The Labute approximate surface area is 164 Å². The summed E-state index contributed by atoms with van der Waals surface area (Å²) in [6.45, 7) is 0.903. The summed E-state index contributed by atoms with van der Waals surface area (Å²) in [6.07, 6.45) is 2.60. The molecule has 3 aromatic rings. The SMILES string of the molecule is CO/N=C/c1ccc(C(=O)Nc2ccccc2N2CCc3ccccc32)cc1. The maximum atomic E-state index is 12.8. The molecule has 1 amide bonds. The minimum atomic E-state index is -0.143. The van der Waals surface area contributed by atoms with E-state index in [1.165, 1.54) is 18.4 Å². The monoisotopic (exact) mass is 371 g/mol. The second kappa shape index (κ2) is 7.96. The highest BCUT2D eigenvalue weighted by Gasteiger charge is 2.22. The number of benzene rings is 3. The lowest BCUT2D eigenvalue weighted by Crippen LogP contribution is -2.18. The predicted octanol–water partition coefficient (Wildman–Crippen LogP) is 4.61. The average Bonchev–Trinajstić information content (AvgIpc) is 3.17. The number of carbonyl (C=O) groups is 1. The minimum Gasteiger partial charge on any atom is -0.399 e. The smallest absolute Gasteiger partial charge is 0.255 e. The summed E-state index contributed by atoms with van der Waals surface area (Å²) < 4.78 is 0. The number of para-hydroxylation sites is 3. The van der Waals surface area contributed by atoms with Crippen LogP contribution in [-0.2, 0) is 11.3 Å². The molecule has 0 bridgehead atoms. The lowest BCUT2D eigenvalue weighted by Gasteiger charge is -2.23. The summed E-state index contributed by atoms with van der Waals surface area (Å²) in [7, 11) is 1.49. The number of anilines is 3. The molecule has 0 fully saturated rings. The molecule has 0 aromatic heterocycles. The van der Waals surface area contributed by atoms with Gasteiger partial charge in [0.15, 0.2) is 0 Å². The number of carbonyl (C=O) groups excluding carboxylic acids is 1. The molecule has 5 nitrogen and oxygen atoms in total. The van der Waals surface area contributed by atoms with E-state index in [2.05, 4.69) is 38.4 Å². The van der Waals surface area contributed by atoms with Crippen LogP contribution in [0.2, 0.25) is 0 Å². The van der Waals surface area contributed by atoms with E-state index in [-0.39, 0.29) is 5.91 Å². The molecule has 3 aromatic carbocycles. The largest absolute Gasteiger partial charge is 0.399 e. The molecule has 28 heavy (non-hydrogen) atoms. The van der Waals surface area contributed by atoms with Gasteiger partial charge in [-0.2, -0.15) is 0 Å². The first kappa shape index (κ1) is 17.8. The highest BCUT2D eigenvalue weighted by atomic mass is 16.6. The van der Waals surface area contributed by atoms with E-state index in [0.717, 1.165) is 29.9 Å². The lowest BCUT2D eigenvalue weighted by molar-refractivity contribution is 0.102. The Morgan fingerprint density at radius 1 is 1.00 bits per heavy atom. The van der Waals surface area contributed by atoms with E-state index in [9.17, 15) is 4.79 Å². The van der Waals surface area contributed by atoms with Crippen LogP contribution in [-0.4, -0.2) is 25.8 Å². The molecule has 0 unspecified atom stereocenters. The highest BCUT2D eigenvalue weighted by Crippen LogP contribution is 2.38. The molecule has 0 radical (unpaired) electrons. The fourth-order valence-corrected chi connectivity index (χ4v) is 3.43. The molecule has 140 valence electrons. The van der Waals surface area contributed by atoms with Crippen molar-refractivity contribution in [2.75, 3.05) is 23.9 Å². The van der Waals surface area contributed by atoms with Crippen molar-refractivity contribution in [3.8, 4) is 0 Å². The number of nitrogens with one attached hydrogen (secondary N) is 1. The maximum Gasteiger partial charge on any atom is 0.255 e. The first-order valence-electron chi connectivity index (χ1n) is 9.18. The van der Waals surface area contributed by atoms with Gasteiger partial charge in [-0.25, -0.2) is 0 Å². The van der Waals surface area contributed by atoms with E-state index in [4.69, 9.17) is 0 Å². The van der Waals surface area contributed by atoms with Gasteiger partial charge in [0.25, 0.3) is 5.91 Å². The van der Waals surface area contributed by atoms with Gasteiger partial charge in [-0.05, 0) is 47.9 Å². The van der Waals surface area contributed by atoms with Crippen molar-refractivity contribution in [2.24, 2.45) is 5.16 Å². The molecule has 1 aliphatic heterocycles. The van der Waals surface area contributed by atoms with Crippen molar-refractivity contribution in [3.63, 3.8) is 0 Å². The molecular formula is C23H21N3O2. The van der Waals surface area contributed by atoms with Crippen LogP contribution >= 0.6 is 0 Å². The number of hydrogen-bond acceptors (Lipinski definition) is 4. The Morgan fingerprint density at radius 2 is 1.71 bits per heavy atom. The molecule has 0 spiro atoms. The van der Waals surface area contributed by atoms with Gasteiger partial charge in [0.1, 0.15) is 7.11 Å². The molecule has 0 atom stereocenters. The molecule has 0 aliphatic carbocycles. The Balaban J connectivity index is 1.56. The van der Waals surface area contributed by atoms with Gasteiger partial charge < -0.3 is 15.1 Å². The van der Waals surface area contributed by atoms with Gasteiger partial charge in [-0.1, -0.05) is 47.6 Å². The van der Waals surface area contributed by atoms with Crippen LogP contribution in [0.15, 0.2) is 78.0 Å². The second-order valence-electron chi connectivity index (χ2n) is 6.54. The van der Waals surface area contributed by atoms with Crippen molar-refractivity contribution in [1.82, 2.24) is 0 Å². The third-order valence-electron chi connectivity index (χ3n) is 4.81. The molecular weight excluding hydrogens is 350 g/mol. The molecule has 1 heterocycles. The molecule has 0 saturated carbocycles. The van der Waals surface area contributed by atoms with Crippen LogP contribution in [0, 0.1) is 0 Å². The molecule has 4 rings (SSSR count). The summed E-state index contributed by atoms with van der Waals surface area (Å²) in [5.41, 5.74) is 5.79. The molecule has 1 N–H and O–H groups in total. The molecule has 0 saturated heterocycles. The Morgan fingerprint density at radius 3 is 2.50 bits per heavy atom. The Kier molecular flexibility index (Phi) is 5.06. The van der Waals surface area contributed by atoms with Crippen molar-refractivity contribution >= 4 is 29.2 Å². The third-order valence-corrected chi connectivity index (χ3v) is 4.81. The average molecular weight is 371 g/mol. The van der Waals surface area contributed by atoms with Crippen LogP contribution in [0.5, 0.6) is 0 Å². The van der Waals surface area contributed by atoms with Crippen molar-refractivity contribution < 1.29 is 9.63 Å². The van der Waals surface area contributed by atoms with E-state index < -0.39 is 0 Å². The number of nitrogens with zero attached hydrogens (tertiary/aromatic N) is 2. The van der Waals surface area contributed by atoms with Gasteiger partial charge in [-0.15, -0.1) is 0 Å². The molecule has 1 aliphatic rings. The minimum absolute atomic E-state index is 0.143. The van der Waals surface area contributed by atoms with Crippen molar-refractivity contribution in [2.45, 2.75) is 6.42 Å². The number of fused-ring (bicyclic) bond motifs is 1. The topological polar surface area (TPSA) is 53.9 Å². The highest BCUT2D eigenvalue weighted by molar-refractivity contribution is 6.06. The lowest BCUT2D eigenvalue weighted by atomic mass is 10.1. The van der Waals surface area contributed by atoms with E-state index in [0.29, 0.717) is 5.56 Å². The fourth-order valence-electron chi connectivity index (χ4n) is 3.43. The summed E-state index contributed by atoms with van der Waals surface area (Å²) in [6, 6.07) is 23.5. The number of rotatable bonds is 5. The van der Waals surface area contributed by atoms with Gasteiger partial charge in [0.2, 0.25) is 0 Å². The van der Waals surface area contributed by atoms with Gasteiger partial charge >= 0.3 is 0 Å².